The van der Waals surface area contributed by atoms with Gasteiger partial charge >= 0.3 is 0 Å². The predicted molar refractivity (Wildman–Crippen MR) is 119 cm³/mol. The monoisotopic (exact) mass is 402 g/mol. The van der Waals surface area contributed by atoms with Gasteiger partial charge in [-0.2, -0.15) is 0 Å². The Morgan fingerprint density at radius 2 is 1.52 bits per heavy atom. The summed E-state index contributed by atoms with van der Waals surface area (Å²) in [6.45, 7) is 6.47. The molecular weight excluding hydrogens is 380 g/mol. The quantitative estimate of drug-likeness (QED) is 0.591. The predicted octanol–water partition coefficient (Wildman–Crippen LogP) is 5.44. The van der Waals surface area contributed by atoms with Crippen molar-refractivity contribution in [2.24, 2.45) is 0 Å². The Kier molecular flexibility index (Phi) is 4.84. The van der Waals surface area contributed by atoms with E-state index in [1.165, 1.54) is 21.8 Å². The zero-order chi connectivity index (χ0) is 20.6. The molecule has 2 aromatic carbocycles. The van der Waals surface area contributed by atoms with Crippen LogP contribution in [0.4, 0.5) is 11.4 Å². The van der Waals surface area contributed by atoms with Crippen molar-refractivity contribution in [3.8, 4) is 0 Å². The average molecular weight is 403 g/mol. The van der Waals surface area contributed by atoms with Crippen molar-refractivity contribution in [1.29, 1.82) is 0 Å². The summed E-state index contributed by atoms with van der Waals surface area (Å²) in [7, 11) is 0. The van der Waals surface area contributed by atoms with Gasteiger partial charge in [0.15, 0.2) is 0 Å². The lowest BCUT2D eigenvalue weighted by molar-refractivity contribution is -0.120. The van der Waals surface area contributed by atoms with Crippen molar-refractivity contribution in [3.05, 3.63) is 88.2 Å². The van der Waals surface area contributed by atoms with Crippen LogP contribution in [0.25, 0.3) is 5.57 Å². The minimum Gasteiger partial charge on any atom is -0.350 e. The normalized spacial score (nSPS) is 14.7. The number of nitrogens with one attached hydrogen (secondary N) is 1. The molecule has 1 N–H and O–H groups in total. The average Bonchev–Trinajstić information content (AvgIpc) is 3.29. The number of benzene rings is 2. The van der Waals surface area contributed by atoms with E-state index in [0.29, 0.717) is 17.0 Å². The van der Waals surface area contributed by atoms with Crippen LogP contribution in [0.5, 0.6) is 0 Å². The molecule has 1 aromatic heterocycles. The number of rotatable bonds is 4. The number of thiophene rings is 1. The first-order chi connectivity index (χ1) is 13.9. The fraction of sp³-hybridized carbons (Fsp3) is 0.167. The Hall–Kier alpha value is -3.18. The van der Waals surface area contributed by atoms with E-state index in [0.717, 1.165) is 10.6 Å². The number of imide groups is 1. The summed E-state index contributed by atoms with van der Waals surface area (Å²) in [5.74, 6) is -0.651. The Balaban J connectivity index is 1.73. The Labute approximate surface area is 174 Å². The van der Waals surface area contributed by atoms with E-state index in [1.807, 2.05) is 60.0 Å². The maximum absolute atomic E-state index is 13.2. The van der Waals surface area contributed by atoms with E-state index >= 15 is 0 Å². The Morgan fingerprint density at radius 1 is 0.828 bits per heavy atom. The summed E-state index contributed by atoms with van der Waals surface area (Å²) in [6.07, 6.45) is 0. The fourth-order valence-electron chi connectivity index (χ4n) is 3.30. The maximum atomic E-state index is 13.2. The highest BCUT2D eigenvalue weighted by Crippen LogP contribution is 2.35. The van der Waals surface area contributed by atoms with Crippen LogP contribution in [0, 0.1) is 0 Å². The number of hydrogen-bond acceptors (Lipinski definition) is 4. The van der Waals surface area contributed by atoms with E-state index in [9.17, 15) is 9.59 Å². The van der Waals surface area contributed by atoms with Gasteiger partial charge in [0.1, 0.15) is 5.70 Å². The van der Waals surface area contributed by atoms with Gasteiger partial charge in [0.2, 0.25) is 0 Å². The van der Waals surface area contributed by atoms with Crippen LogP contribution in [-0.2, 0) is 15.0 Å². The van der Waals surface area contributed by atoms with Gasteiger partial charge in [-0.15, -0.1) is 11.3 Å². The van der Waals surface area contributed by atoms with Gasteiger partial charge in [-0.25, -0.2) is 4.90 Å². The smallest absolute Gasteiger partial charge is 0.282 e. The minimum absolute atomic E-state index is 0.0448. The molecule has 3 aromatic rings. The second kappa shape index (κ2) is 7.33. The topological polar surface area (TPSA) is 49.4 Å². The van der Waals surface area contributed by atoms with Crippen LogP contribution in [0.2, 0.25) is 0 Å². The summed E-state index contributed by atoms with van der Waals surface area (Å²) in [6, 6.07) is 20.8. The molecule has 29 heavy (non-hydrogen) atoms. The molecule has 0 unspecified atom stereocenters. The third-order valence-electron chi connectivity index (χ3n) is 4.89. The largest absolute Gasteiger partial charge is 0.350 e. The Morgan fingerprint density at radius 3 is 2.10 bits per heavy atom. The van der Waals surface area contributed by atoms with Crippen molar-refractivity contribution in [2.45, 2.75) is 26.2 Å². The number of carbonyl (C=O) groups is 2. The van der Waals surface area contributed by atoms with E-state index < -0.39 is 0 Å². The van der Waals surface area contributed by atoms with Crippen LogP contribution in [0.3, 0.4) is 0 Å². The molecule has 0 bridgehead atoms. The summed E-state index contributed by atoms with van der Waals surface area (Å²) < 4.78 is 0. The molecule has 5 heteroatoms. The molecule has 0 atom stereocenters. The van der Waals surface area contributed by atoms with Crippen molar-refractivity contribution in [2.75, 3.05) is 10.2 Å². The molecule has 4 nitrogen and oxygen atoms in total. The molecule has 2 amide bonds. The van der Waals surface area contributed by atoms with Crippen LogP contribution in [-0.4, -0.2) is 11.8 Å². The minimum atomic E-state index is -0.343. The first kappa shape index (κ1) is 19.2. The first-order valence-electron chi connectivity index (χ1n) is 9.46. The molecule has 0 saturated heterocycles. The third kappa shape index (κ3) is 3.61. The number of nitrogens with zero attached hydrogens (tertiary/aromatic N) is 1. The van der Waals surface area contributed by atoms with Crippen molar-refractivity contribution >= 4 is 40.1 Å². The lowest BCUT2D eigenvalue weighted by atomic mass is 9.87. The van der Waals surface area contributed by atoms with Gasteiger partial charge in [0.25, 0.3) is 11.8 Å². The molecule has 0 aliphatic carbocycles. The number of anilines is 2. The molecule has 0 spiro atoms. The number of para-hydroxylation sites is 1. The summed E-state index contributed by atoms with van der Waals surface area (Å²) in [5.41, 5.74) is 3.31. The van der Waals surface area contributed by atoms with E-state index in [4.69, 9.17) is 0 Å². The van der Waals surface area contributed by atoms with Gasteiger partial charge in [-0.3, -0.25) is 9.59 Å². The van der Waals surface area contributed by atoms with Crippen LogP contribution in [0.1, 0.15) is 31.2 Å². The van der Waals surface area contributed by atoms with Crippen LogP contribution < -0.4 is 10.2 Å². The van der Waals surface area contributed by atoms with E-state index in [2.05, 4.69) is 26.1 Å². The fourth-order valence-corrected chi connectivity index (χ4v) is 4.07. The number of amides is 2. The zero-order valence-corrected chi connectivity index (χ0v) is 17.4. The van der Waals surface area contributed by atoms with Crippen molar-refractivity contribution < 1.29 is 9.59 Å². The summed E-state index contributed by atoms with van der Waals surface area (Å²) >= 11 is 1.45. The Bertz CT molecular complexity index is 1080. The molecule has 1 aliphatic heterocycles. The standard InChI is InChI=1S/C24H22N2O2S/c1-24(2,3)16-11-13-17(14-12-16)25-21-20(19-10-7-15-29-19)22(27)26(23(21)28)18-8-5-4-6-9-18/h4-15,25H,1-3H3. The molecule has 2 heterocycles. The molecule has 0 fully saturated rings. The van der Waals surface area contributed by atoms with E-state index in [-0.39, 0.29) is 17.2 Å². The SMILES string of the molecule is CC(C)(C)c1ccc(NC2=C(c3cccs3)C(=O)N(c3ccccc3)C2=O)cc1. The number of carbonyl (C=O) groups excluding carboxylic acids is 2. The number of hydrogen-bond donors (Lipinski definition) is 1. The molecule has 1 aliphatic rings. The highest BCUT2D eigenvalue weighted by Gasteiger charge is 2.40. The van der Waals surface area contributed by atoms with E-state index in [1.54, 1.807) is 12.1 Å². The third-order valence-corrected chi connectivity index (χ3v) is 5.77. The summed E-state index contributed by atoms with van der Waals surface area (Å²) in [5, 5.41) is 5.12. The van der Waals surface area contributed by atoms with Gasteiger partial charge in [0, 0.05) is 10.6 Å². The molecule has 146 valence electrons. The second-order valence-electron chi connectivity index (χ2n) is 7.96. The highest BCUT2D eigenvalue weighted by molar-refractivity contribution is 7.11. The zero-order valence-electron chi connectivity index (χ0n) is 16.6. The molecule has 4 rings (SSSR count). The van der Waals surface area contributed by atoms with Gasteiger partial charge < -0.3 is 5.32 Å². The maximum Gasteiger partial charge on any atom is 0.282 e. The van der Waals surface area contributed by atoms with Crippen LogP contribution in [0.15, 0.2) is 77.8 Å². The lowest BCUT2D eigenvalue weighted by Gasteiger charge is -2.19. The van der Waals surface area contributed by atoms with Gasteiger partial charge in [0.05, 0.1) is 11.3 Å². The van der Waals surface area contributed by atoms with Gasteiger partial charge in [-0.1, -0.05) is 57.2 Å². The lowest BCUT2D eigenvalue weighted by Crippen LogP contribution is -2.32. The van der Waals surface area contributed by atoms with Gasteiger partial charge in [-0.05, 0) is 46.7 Å². The molecule has 0 saturated carbocycles. The highest BCUT2D eigenvalue weighted by atomic mass is 32.1. The van der Waals surface area contributed by atoms with Crippen molar-refractivity contribution in [1.82, 2.24) is 0 Å². The summed E-state index contributed by atoms with van der Waals surface area (Å²) in [4.78, 5) is 28.5. The molecular formula is C24H22N2O2S. The first-order valence-corrected chi connectivity index (χ1v) is 10.3. The van der Waals surface area contributed by atoms with Crippen LogP contribution >= 0.6 is 11.3 Å². The second-order valence-corrected chi connectivity index (χ2v) is 8.91. The molecule has 0 radical (unpaired) electrons. The van der Waals surface area contributed by atoms with Crippen molar-refractivity contribution in [3.63, 3.8) is 0 Å².